The number of thioether (sulfide) groups is 1. The monoisotopic (exact) mass is 470 g/mol. The Balaban J connectivity index is 1.64. The van der Waals surface area contributed by atoms with Gasteiger partial charge < -0.3 is 9.15 Å². The molecule has 0 bridgehead atoms. The molecule has 6 nitrogen and oxygen atoms in total. The summed E-state index contributed by atoms with van der Waals surface area (Å²) in [5.41, 5.74) is 4.34. The standard InChI is InChI=1S/C27H22N2O4S/c1-16-12-22-18(14-25(30)33-24(22)13-17(16)2)15-34-27-28-23-7-5-4-6-21(23)26(31)29(27)19-8-10-20(32-3)11-9-19/h4-14H,15H2,1-3H3. The number of nitrogens with zero attached hydrogens (tertiary/aromatic N) is 2. The maximum atomic E-state index is 13.5. The summed E-state index contributed by atoms with van der Waals surface area (Å²) in [5, 5.41) is 1.97. The van der Waals surface area contributed by atoms with Crippen molar-refractivity contribution in [2.24, 2.45) is 0 Å². The summed E-state index contributed by atoms with van der Waals surface area (Å²) in [6.45, 7) is 4.02. The van der Waals surface area contributed by atoms with Gasteiger partial charge in [0.2, 0.25) is 0 Å². The van der Waals surface area contributed by atoms with Gasteiger partial charge in [-0.15, -0.1) is 0 Å². The van der Waals surface area contributed by atoms with Crippen molar-refractivity contribution in [3.8, 4) is 11.4 Å². The molecule has 5 aromatic rings. The average Bonchev–Trinajstić information content (AvgIpc) is 2.84. The second-order valence-corrected chi connectivity index (χ2v) is 9.00. The summed E-state index contributed by atoms with van der Waals surface area (Å²) < 4.78 is 12.3. The second-order valence-electron chi connectivity index (χ2n) is 8.06. The van der Waals surface area contributed by atoms with E-state index in [2.05, 4.69) is 0 Å². The van der Waals surface area contributed by atoms with Crippen molar-refractivity contribution in [1.82, 2.24) is 9.55 Å². The molecule has 0 aliphatic carbocycles. The van der Waals surface area contributed by atoms with E-state index < -0.39 is 5.63 Å². The number of aromatic nitrogens is 2. The number of para-hydroxylation sites is 1. The lowest BCUT2D eigenvalue weighted by Crippen LogP contribution is -2.21. The molecule has 0 atom stereocenters. The quantitative estimate of drug-likeness (QED) is 0.194. The molecule has 3 aromatic carbocycles. The van der Waals surface area contributed by atoms with E-state index in [-0.39, 0.29) is 5.56 Å². The first-order valence-corrected chi connectivity index (χ1v) is 11.8. The van der Waals surface area contributed by atoms with E-state index in [1.807, 2.05) is 68.4 Å². The van der Waals surface area contributed by atoms with Gasteiger partial charge in [-0.1, -0.05) is 23.9 Å². The van der Waals surface area contributed by atoms with Crippen LogP contribution in [-0.4, -0.2) is 16.7 Å². The number of rotatable bonds is 5. The third-order valence-corrected chi connectivity index (χ3v) is 6.86. The first-order valence-electron chi connectivity index (χ1n) is 10.8. The molecule has 0 fully saturated rings. The largest absolute Gasteiger partial charge is 0.497 e. The predicted octanol–water partition coefficient (Wildman–Crippen LogP) is 5.41. The molecule has 0 N–H and O–H groups in total. The first kappa shape index (κ1) is 22.0. The molecule has 0 amide bonds. The molecule has 0 saturated heterocycles. The Morgan fingerprint density at radius 3 is 2.44 bits per heavy atom. The summed E-state index contributed by atoms with van der Waals surface area (Å²) in [6.07, 6.45) is 0. The van der Waals surface area contributed by atoms with E-state index in [9.17, 15) is 9.59 Å². The lowest BCUT2D eigenvalue weighted by Gasteiger charge is -2.14. The van der Waals surface area contributed by atoms with Gasteiger partial charge in [-0.05, 0) is 79.1 Å². The fourth-order valence-electron chi connectivity index (χ4n) is 3.91. The lowest BCUT2D eigenvalue weighted by molar-refractivity contribution is 0.414. The molecular formula is C27H22N2O4S. The molecule has 170 valence electrons. The highest BCUT2D eigenvalue weighted by atomic mass is 32.2. The summed E-state index contributed by atoms with van der Waals surface area (Å²) in [6, 6.07) is 20.0. The molecule has 0 radical (unpaired) electrons. The smallest absolute Gasteiger partial charge is 0.336 e. The zero-order valence-electron chi connectivity index (χ0n) is 19.0. The third-order valence-electron chi connectivity index (χ3n) is 5.88. The van der Waals surface area contributed by atoms with Crippen LogP contribution in [0, 0.1) is 13.8 Å². The molecule has 0 saturated carbocycles. The van der Waals surface area contributed by atoms with Gasteiger partial charge in [0.25, 0.3) is 5.56 Å². The minimum absolute atomic E-state index is 0.151. The zero-order chi connectivity index (χ0) is 23.8. The van der Waals surface area contributed by atoms with Gasteiger partial charge in [0.1, 0.15) is 11.3 Å². The summed E-state index contributed by atoms with van der Waals surface area (Å²) in [5.74, 6) is 1.15. The Kier molecular flexibility index (Phi) is 5.71. The Morgan fingerprint density at radius 2 is 1.68 bits per heavy atom. The minimum atomic E-state index is -0.398. The first-order chi connectivity index (χ1) is 16.4. The molecule has 2 heterocycles. The SMILES string of the molecule is COc1ccc(-n2c(SCc3cc(=O)oc4cc(C)c(C)cc34)nc3ccccc3c2=O)cc1. The van der Waals surface area contributed by atoms with Crippen molar-refractivity contribution >= 4 is 33.6 Å². The maximum absolute atomic E-state index is 13.5. The molecule has 0 spiro atoms. The lowest BCUT2D eigenvalue weighted by atomic mass is 10.0. The molecule has 2 aromatic heterocycles. The number of methoxy groups -OCH3 is 1. The number of hydrogen-bond donors (Lipinski definition) is 0. The predicted molar refractivity (Wildman–Crippen MR) is 135 cm³/mol. The highest BCUT2D eigenvalue weighted by Crippen LogP contribution is 2.29. The third kappa shape index (κ3) is 3.99. The van der Waals surface area contributed by atoms with Gasteiger partial charge in [0, 0.05) is 17.2 Å². The van der Waals surface area contributed by atoms with Crippen LogP contribution in [0.15, 0.2) is 85.9 Å². The van der Waals surface area contributed by atoms with E-state index >= 15 is 0 Å². The van der Waals surface area contributed by atoms with Crippen LogP contribution in [0.1, 0.15) is 16.7 Å². The van der Waals surface area contributed by atoms with Crippen LogP contribution in [0.2, 0.25) is 0 Å². The van der Waals surface area contributed by atoms with Gasteiger partial charge in [0.15, 0.2) is 5.16 Å². The fraction of sp³-hybridized carbons (Fsp3) is 0.148. The van der Waals surface area contributed by atoms with Crippen molar-refractivity contribution < 1.29 is 9.15 Å². The van der Waals surface area contributed by atoms with Crippen molar-refractivity contribution in [2.75, 3.05) is 7.11 Å². The highest BCUT2D eigenvalue weighted by Gasteiger charge is 2.15. The highest BCUT2D eigenvalue weighted by molar-refractivity contribution is 7.98. The molecule has 0 unspecified atom stereocenters. The van der Waals surface area contributed by atoms with Crippen LogP contribution in [0.25, 0.3) is 27.6 Å². The van der Waals surface area contributed by atoms with Gasteiger partial charge in [-0.3, -0.25) is 9.36 Å². The zero-order valence-corrected chi connectivity index (χ0v) is 19.8. The molecule has 0 aliphatic heterocycles. The summed E-state index contributed by atoms with van der Waals surface area (Å²) >= 11 is 1.41. The van der Waals surface area contributed by atoms with Crippen molar-refractivity contribution in [3.05, 3.63) is 104 Å². The van der Waals surface area contributed by atoms with E-state index in [0.717, 1.165) is 22.1 Å². The Bertz CT molecular complexity index is 1650. The van der Waals surface area contributed by atoms with Crippen molar-refractivity contribution in [1.29, 1.82) is 0 Å². The summed E-state index contributed by atoms with van der Waals surface area (Å²) in [7, 11) is 1.60. The average molecular weight is 471 g/mol. The van der Waals surface area contributed by atoms with Crippen LogP contribution in [0.4, 0.5) is 0 Å². The van der Waals surface area contributed by atoms with Crippen LogP contribution in [-0.2, 0) is 5.75 Å². The second kappa shape index (κ2) is 8.83. The van der Waals surface area contributed by atoms with E-state index in [0.29, 0.717) is 38.8 Å². The van der Waals surface area contributed by atoms with Gasteiger partial charge in [0.05, 0.1) is 23.7 Å². The topological polar surface area (TPSA) is 74.3 Å². The normalized spacial score (nSPS) is 11.3. The molecule has 34 heavy (non-hydrogen) atoms. The maximum Gasteiger partial charge on any atom is 0.336 e. The van der Waals surface area contributed by atoms with Crippen LogP contribution >= 0.6 is 11.8 Å². The molecule has 7 heteroatoms. The van der Waals surface area contributed by atoms with Crippen LogP contribution in [0.5, 0.6) is 5.75 Å². The van der Waals surface area contributed by atoms with Crippen molar-refractivity contribution in [2.45, 2.75) is 24.8 Å². The molecule has 5 rings (SSSR count). The van der Waals surface area contributed by atoms with Gasteiger partial charge >= 0.3 is 5.63 Å². The number of aryl methyl sites for hydroxylation is 2. The van der Waals surface area contributed by atoms with E-state index in [1.54, 1.807) is 17.7 Å². The number of ether oxygens (including phenoxy) is 1. The Morgan fingerprint density at radius 1 is 0.941 bits per heavy atom. The number of benzene rings is 3. The Hall–Kier alpha value is -3.84. The Labute approximate surface area is 199 Å². The number of fused-ring (bicyclic) bond motifs is 2. The summed E-state index contributed by atoms with van der Waals surface area (Å²) in [4.78, 5) is 30.5. The fourth-order valence-corrected chi connectivity index (χ4v) is 4.92. The van der Waals surface area contributed by atoms with Crippen LogP contribution in [0.3, 0.4) is 0 Å². The minimum Gasteiger partial charge on any atom is -0.497 e. The van der Waals surface area contributed by atoms with Gasteiger partial charge in [-0.2, -0.15) is 0 Å². The number of hydrogen-bond acceptors (Lipinski definition) is 6. The van der Waals surface area contributed by atoms with E-state index in [4.69, 9.17) is 14.1 Å². The van der Waals surface area contributed by atoms with Crippen molar-refractivity contribution in [3.63, 3.8) is 0 Å². The van der Waals surface area contributed by atoms with Gasteiger partial charge in [-0.25, -0.2) is 9.78 Å². The van der Waals surface area contributed by atoms with E-state index in [1.165, 1.54) is 17.8 Å². The molecular weight excluding hydrogens is 448 g/mol. The molecule has 0 aliphatic rings. The van der Waals surface area contributed by atoms with Crippen LogP contribution < -0.4 is 15.9 Å².